The lowest BCUT2D eigenvalue weighted by Gasteiger charge is -2.54. The number of methoxy groups -OCH3 is 1. The smallest absolute Gasteiger partial charge is 0.211 e. The summed E-state index contributed by atoms with van der Waals surface area (Å²) in [6.45, 7) is 6.22. The van der Waals surface area contributed by atoms with E-state index in [1.54, 1.807) is 7.11 Å². The highest BCUT2D eigenvalue weighted by atomic mass is 16.7. The van der Waals surface area contributed by atoms with Crippen LogP contribution in [0.3, 0.4) is 0 Å². The number of ketones is 1. The van der Waals surface area contributed by atoms with Crippen molar-refractivity contribution >= 4 is 11.5 Å². The van der Waals surface area contributed by atoms with E-state index in [1.807, 2.05) is 0 Å². The summed E-state index contributed by atoms with van der Waals surface area (Å²) in [5.74, 6) is -1.23. The van der Waals surface area contributed by atoms with E-state index in [-0.39, 0.29) is 67.9 Å². The normalized spacial score (nSPS) is 53.2. The monoisotopic (exact) mass is 731 g/mol. The first-order valence-electron chi connectivity index (χ1n) is 20.0. The molecule has 10 aliphatic heterocycles. The predicted molar refractivity (Wildman–Crippen MR) is 183 cm³/mol. The van der Waals surface area contributed by atoms with Crippen LogP contribution in [0.4, 0.5) is 0 Å². The molecule has 2 spiro atoms. The highest BCUT2D eigenvalue weighted by Crippen LogP contribution is 2.53. The first kappa shape index (κ1) is 36.3. The Kier molecular flexibility index (Phi) is 9.76. The van der Waals surface area contributed by atoms with Crippen LogP contribution >= 0.6 is 0 Å². The van der Waals surface area contributed by atoms with Crippen LogP contribution in [-0.4, -0.2) is 137 Å². The molecule has 0 saturated carbocycles. The van der Waals surface area contributed by atoms with E-state index < -0.39 is 72.6 Å². The van der Waals surface area contributed by atoms with Gasteiger partial charge in [0.25, 0.3) is 0 Å². The molecule has 7 fully saturated rings. The van der Waals surface area contributed by atoms with Gasteiger partial charge in [0.15, 0.2) is 5.79 Å². The molecule has 7 saturated heterocycles. The van der Waals surface area contributed by atoms with E-state index in [9.17, 15) is 20.1 Å². The molecule has 13 heteroatoms. The van der Waals surface area contributed by atoms with Gasteiger partial charge in [0.1, 0.15) is 24.1 Å². The molecule has 0 radical (unpaired) electrons. The second kappa shape index (κ2) is 14.0. The number of aliphatic hydroxyl groups excluding tert-OH is 3. The minimum absolute atomic E-state index is 0.0195. The molecule has 0 aromatic carbocycles. The molecule has 0 aromatic rings. The lowest BCUT2D eigenvalue weighted by Crippen LogP contribution is -2.66. The van der Waals surface area contributed by atoms with Gasteiger partial charge in [-0.25, -0.2) is 0 Å². The number of carbonyl (C=O) groups is 1. The number of carbonyl (C=O) groups excluding carboxylic acids is 1. The summed E-state index contributed by atoms with van der Waals surface area (Å²) < 4.78 is 54.3. The molecule has 52 heavy (non-hydrogen) atoms. The van der Waals surface area contributed by atoms with Crippen molar-refractivity contribution in [1.29, 1.82) is 0 Å². The topological polar surface area (TPSA) is 164 Å². The fourth-order valence-electron chi connectivity index (χ4n) is 11.3. The van der Waals surface area contributed by atoms with Crippen LogP contribution in [-0.2, 0) is 42.7 Å². The lowest BCUT2D eigenvalue weighted by molar-refractivity contribution is -0.316. The molecule has 18 atom stereocenters. The molecule has 10 rings (SSSR count). The Morgan fingerprint density at radius 3 is 2.56 bits per heavy atom. The highest BCUT2D eigenvalue weighted by molar-refractivity contribution is 5.92. The number of hydrogen-bond donors (Lipinski definition) is 3. The fourth-order valence-corrected chi connectivity index (χ4v) is 11.3. The Hall–Kier alpha value is -1.36. The Balaban J connectivity index is 1.15. The second-order valence-corrected chi connectivity index (χ2v) is 17.3. The molecule has 13 nitrogen and oxygen atoms in total. The summed E-state index contributed by atoms with van der Waals surface area (Å²) in [7, 11) is 1.62. The Morgan fingerprint density at radius 1 is 0.904 bits per heavy atom. The van der Waals surface area contributed by atoms with Crippen LogP contribution in [0.25, 0.3) is 0 Å². The van der Waals surface area contributed by atoms with E-state index in [1.165, 1.54) is 0 Å². The molecule has 11 bridgehead atoms. The number of Topliss-reactive ketones (excluding diaryl/α,β-unsaturated/α-hetero) is 1. The standard InChI is InChI=1S/C39H57NO12/c1-19-10-24-8-9-38-17-27(44)37(52-38)32-16-34(51-38)39-33(49-32)7-5-25(50-39)12-21(42)13-26-29(48-31(36(26)45-3)14-22(43)18-41)15-30-35(40-39)20(2)11-23(47-30)4-6-28(19)46-24/h20,22-34,36-37,41,43-44H,1,4-18H2,2-3H3/b40-35+/t20-,22+,23+,24+,25-,26+,27-,28+,29+,30-,31-,32?,33+,34-,36-,37+,38-,39+/m1/s1. The van der Waals surface area contributed by atoms with Crippen molar-refractivity contribution in [3.8, 4) is 0 Å². The largest absolute Gasteiger partial charge is 0.394 e. The molecule has 0 aromatic heterocycles. The first-order valence-corrected chi connectivity index (χ1v) is 20.0. The van der Waals surface area contributed by atoms with Gasteiger partial charge in [-0.2, -0.15) is 0 Å². The van der Waals surface area contributed by atoms with E-state index in [0.29, 0.717) is 44.9 Å². The van der Waals surface area contributed by atoms with Crippen LogP contribution in [0.1, 0.15) is 96.8 Å². The van der Waals surface area contributed by atoms with Crippen molar-refractivity contribution in [2.45, 2.75) is 194 Å². The van der Waals surface area contributed by atoms with Gasteiger partial charge < -0.3 is 53.2 Å². The zero-order valence-electron chi connectivity index (χ0n) is 30.5. The summed E-state index contributed by atoms with van der Waals surface area (Å²) in [4.78, 5) is 19.7. The SMILES string of the molecule is C=C1C[C@@H]2CC[C@]34C[C@@H](O)[C@H](O3)C3C[C@@H](O4)[C@]45/N=C6\[C@H](C)C[C@H](CC[C@@H]1O2)O[C@@H]6C[C@@H]1O[C@H](C[C@H](O)CO)[C@H](OC)[C@H]1CC(=O)C[C@@H](CC[C@@H]4O3)O5. The van der Waals surface area contributed by atoms with Gasteiger partial charge in [-0.15, -0.1) is 0 Å². The third kappa shape index (κ3) is 6.37. The van der Waals surface area contributed by atoms with Crippen molar-refractivity contribution in [2.75, 3.05) is 13.7 Å². The average molecular weight is 732 g/mol. The maximum absolute atomic E-state index is 14.0. The molecule has 1 unspecified atom stereocenters. The fraction of sp³-hybridized carbons (Fsp3) is 0.897. The number of rotatable bonds is 4. The number of aliphatic imine (C=N–C) groups is 1. The zero-order chi connectivity index (χ0) is 35.9. The molecule has 3 N–H and O–H groups in total. The number of ether oxygens (including phenoxy) is 8. The van der Waals surface area contributed by atoms with Crippen molar-refractivity contribution in [3.05, 3.63) is 12.2 Å². The third-order valence-corrected chi connectivity index (χ3v) is 13.8. The van der Waals surface area contributed by atoms with Gasteiger partial charge in [-0.05, 0) is 56.4 Å². The van der Waals surface area contributed by atoms with Gasteiger partial charge in [-0.3, -0.25) is 9.79 Å². The van der Waals surface area contributed by atoms with Gasteiger partial charge in [-0.1, -0.05) is 13.5 Å². The van der Waals surface area contributed by atoms with Crippen molar-refractivity contribution in [2.24, 2.45) is 16.8 Å². The Bertz CT molecular complexity index is 1410. The number of fused-ring (bicyclic) bond motifs is 8. The molecule has 0 amide bonds. The number of aliphatic hydroxyl groups is 3. The minimum atomic E-state index is -1.23. The van der Waals surface area contributed by atoms with Crippen LogP contribution < -0.4 is 0 Å². The maximum Gasteiger partial charge on any atom is 0.211 e. The van der Waals surface area contributed by atoms with Gasteiger partial charge in [0.05, 0.1) is 73.8 Å². The van der Waals surface area contributed by atoms with Crippen molar-refractivity contribution in [3.63, 3.8) is 0 Å². The van der Waals surface area contributed by atoms with Crippen LogP contribution in [0.2, 0.25) is 0 Å². The molecule has 10 aliphatic rings. The van der Waals surface area contributed by atoms with Crippen molar-refractivity contribution < 1.29 is 58.0 Å². The van der Waals surface area contributed by atoms with Crippen LogP contribution in [0.15, 0.2) is 17.1 Å². The van der Waals surface area contributed by atoms with E-state index in [4.69, 9.17) is 42.9 Å². The van der Waals surface area contributed by atoms with E-state index in [2.05, 4.69) is 13.5 Å². The van der Waals surface area contributed by atoms with Gasteiger partial charge >= 0.3 is 0 Å². The molecular weight excluding hydrogens is 674 g/mol. The van der Waals surface area contributed by atoms with Crippen molar-refractivity contribution in [1.82, 2.24) is 0 Å². The Labute approximate surface area is 305 Å². The summed E-state index contributed by atoms with van der Waals surface area (Å²) in [6.07, 6.45) is 1.57. The quantitative estimate of drug-likeness (QED) is 0.363. The number of nitrogens with zero attached hydrogens (tertiary/aromatic N) is 1. The molecule has 10 heterocycles. The summed E-state index contributed by atoms with van der Waals surface area (Å²) in [5, 5.41) is 31.4. The Morgan fingerprint density at radius 2 is 1.73 bits per heavy atom. The van der Waals surface area contributed by atoms with Crippen LogP contribution in [0, 0.1) is 11.8 Å². The van der Waals surface area contributed by atoms with Crippen LogP contribution in [0.5, 0.6) is 0 Å². The zero-order valence-corrected chi connectivity index (χ0v) is 30.5. The lowest BCUT2D eigenvalue weighted by atomic mass is 9.79. The van der Waals surface area contributed by atoms with Gasteiger partial charge in [0, 0.05) is 63.7 Å². The average Bonchev–Trinajstić information content (AvgIpc) is 3.71. The molecular formula is C39H57NO12. The second-order valence-electron chi connectivity index (χ2n) is 17.3. The summed E-state index contributed by atoms with van der Waals surface area (Å²) in [5.41, 5.74) is 0.746. The van der Waals surface area contributed by atoms with E-state index >= 15 is 0 Å². The minimum Gasteiger partial charge on any atom is -0.394 e. The molecule has 290 valence electrons. The highest BCUT2D eigenvalue weighted by Gasteiger charge is 2.66. The van der Waals surface area contributed by atoms with Gasteiger partial charge in [0.2, 0.25) is 5.72 Å². The number of hydrogen-bond acceptors (Lipinski definition) is 13. The van der Waals surface area contributed by atoms with E-state index in [0.717, 1.165) is 37.0 Å². The summed E-state index contributed by atoms with van der Waals surface area (Å²) >= 11 is 0. The summed E-state index contributed by atoms with van der Waals surface area (Å²) in [6, 6.07) is 0. The first-order chi connectivity index (χ1) is 25.0. The molecule has 0 aliphatic carbocycles. The third-order valence-electron chi connectivity index (χ3n) is 13.8. The predicted octanol–water partition coefficient (Wildman–Crippen LogP) is 2.68. The maximum atomic E-state index is 14.0.